The average Bonchev–Trinajstić information content (AvgIpc) is 2.43. The lowest BCUT2D eigenvalue weighted by atomic mass is 10.1. The van der Waals surface area contributed by atoms with Crippen LogP contribution < -0.4 is 0 Å². The van der Waals surface area contributed by atoms with E-state index in [9.17, 15) is 9.18 Å². The van der Waals surface area contributed by atoms with E-state index in [1.807, 2.05) is 11.0 Å². The highest BCUT2D eigenvalue weighted by Crippen LogP contribution is 2.16. The third-order valence-corrected chi connectivity index (χ3v) is 4.28. The van der Waals surface area contributed by atoms with Crippen LogP contribution in [0.1, 0.15) is 25.8 Å². The lowest BCUT2D eigenvalue weighted by Crippen LogP contribution is -2.56. The van der Waals surface area contributed by atoms with E-state index in [0.717, 1.165) is 13.1 Å². The lowest BCUT2D eigenvalue weighted by Gasteiger charge is -2.42. The second-order valence-electron chi connectivity index (χ2n) is 5.75. The molecule has 0 bridgehead atoms. The molecule has 1 aromatic rings. The minimum Gasteiger partial charge on any atom is -0.340 e. The molecule has 1 aromatic carbocycles. The van der Waals surface area contributed by atoms with Crippen LogP contribution in [0.3, 0.4) is 0 Å². The summed E-state index contributed by atoms with van der Waals surface area (Å²) in [6.45, 7) is 5.79. The van der Waals surface area contributed by atoms with Crippen LogP contribution in [-0.2, 0) is 11.2 Å². The Hall–Kier alpha value is -1.42. The molecule has 1 amide bonds. The number of aryl methyl sites for hydroxylation is 1. The Morgan fingerprint density at radius 1 is 1.25 bits per heavy atom. The SMILES string of the molecule is CC1CN(C(=O)CCc2ccccc2F)CC(C)N1C. The molecule has 110 valence electrons. The van der Waals surface area contributed by atoms with Gasteiger partial charge in [-0.3, -0.25) is 9.69 Å². The van der Waals surface area contributed by atoms with E-state index in [1.165, 1.54) is 6.07 Å². The van der Waals surface area contributed by atoms with Gasteiger partial charge in [0, 0.05) is 31.6 Å². The molecule has 1 aliphatic heterocycles. The van der Waals surface area contributed by atoms with Crippen LogP contribution in [0.2, 0.25) is 0 Å². The number of hydrogen-bond donors (Lipinski definition) is 0. The summed E-state index contributed by atoms with van der Waals surface area (Å²) in [4.78, 5) is 16.5. The molecule has 3 nitrogen and oxygen atoms in total. The van der Waals surface area contributed by atoms with Crippen LogP contribution >= 0.6 is 0 Å². The fourth-order valence-electron chi connectivity index (χ4n) is 2.71. The van der Waals surface area contributed by atoms with Gasteiger partial charge < -0.3 is 4.90 Å². The van der Waals surface area contributed by atoms with E-state index in [4.69, 9.17) is 0 Å². The first-order valence-electron chi connectivity index (χ1n) is 7.22. The van der Waals surface area contributed by atoms with Crippen molar-refractivity contribution < 1.29 is 9.18 Å². The first-order chi connectivity index (χ1) is 9.49. The van der Waals surface area contributed by atoms with Crippen molar-refractivity contribution in [1.29, 1.82) is 0 Å². The van der Waals surface area contributed by atoms with E-state index in [0.29, 0.717) is 30.5 Å². The number of likely N-dealkylation sites (N-methyl/N-ethyl adjacent to an activating group) is 1. The van der Waals surface area contributed by atoms with Crippen LogP contribution in [0.5, 0.6) is 0 Å². The Morgan fingerprint density at radius 2 is 1.85 bits per heavy atom. The van der Waals surface area contributed by atoms with Gasteiger partial charge in [-0.2, -0.15) is 0 Å². The molecule has 2 rings (SSSR count). The van der Waals surface area contributed by atoms with Crippen molar-refractivity contribution in [2.24, 2.45) is 0 Å². The average molecular weight is 278 g/mol. The van der Waals surface area contributed by atoms with Gasteiger partial charge in [-0.1, -0.05) is 18.2 Å². The van der Waals surface area contributed by atoms with Crippen LogP contribution in [0.15, 0.2) is 24.3 Å². The molecule has 1 saturated heterocycles. The summed E-state index contributed by atoms with van der Waals surface area (Å²) < 4.78 is 13.5. The zero-order chi connectivity index (χ0) is 14.7. The van der Waals surface area contributed by atoms with Crippen molar-refractivity contribution in [3.05, 3.63) is 35.6 Å². The van der Waals surface area contributed by atoms with Gasteiger partial charge in [0.05, 0.1) is 0 Å². The normalized spacial score (nSPS) is 23.9. The summed E-state index contributed by atoms with van der Waals surface area (Å²) in [6.07, 6.45) is 0.852. The summed E-state index contributed by atoms with van der Waals surface area (Å²) >= 11 is 0. The molecule has 0 saturated carbocycles. The first-order valence-corrected chi connectivity index (χ1v) is 7.22. The number of hydrogen-bond acceptors (Lipinski definition) is 2. The molecule has 0 spiro atoms. The molecule has 0 radical (unpaired) electrons. The van der Waals surface area contributed by atoms with Gasteiger partial charge in [0.15, 0.2) is 0 Å². The molecule has 4 heteroatoms. The number of amides is 1. The quantitative estimate of drug-likeness (QED) is 0.847. The molecule has 1 heterocycles. The zero-order valence-corrected chi connectivity index (χ0v) is 12.5. The summed E-state index contributed by atoms with van der Waals surface area (Å²) in [5, 5.41) is 0. The fourth-order valence-corrected chi connectivity index (χ4v) is 2.71. The number of halogens is 1. The number of rotatable bonds is 3. The van der Waals surface area contributed by atoms with E-state index < -0.39 is 0 Å². The van der Waals surface area contributed by atoms with Gasteiger partial charge in [0.2, 0.25) is 5.91 Å². The smallest absolute Gasteiger partial charge is 0.223 e. The molecule has 2 atom stereocenters. The standard InChI is InChI=1S/C16H23FN2O/c1-12-10-19(11-13(2)18(12)3)16(20)9-8-14-6-4-5-7-15(14)17/h4-7,12-13H,8-11H2,1-3H3. The monoisotopic (exact) mass is 278 g/mol. The van der Waals surface area contributed by atoms with Crippen LogP contribution in [0.25, 0.3) is 0 Å². The Labute approximate surface area is 120 Å². The maximum atomic E-state index is 13.5. The van der Waals surface area contributed by atoms with Gasteiger partial charge in [-0.05, 0) is 38.9 Å². The van der Waals surface area contributed by atoms with E-state index >= 15 is 0 Å². The molecule has 0 N–H and O–H groups in total. The highest BCUT2D eigenvalue weighted by Gasteiger charge is 2.28. The van der Waals surface area contributed by atoms with Crippen molar-refractivity contribution in [2.45, 2.75) is 38.8 Å². The van der Waals surface area contributed by atoms with Crippen molar-refractivity contribution in [3.63, 3.8) is 0 Å². The topological polar surface area (TPSA) is 23.6 Å². The number of carbonyl (C=O) groups excluding carboxylic acids is 1. The molecular formula is C16H23FN2O. The van der Waals surface area contributed by atoms with E-state index in [-0.39, 0.29) is 11.7 Å². The maximum Gasteiger partial charge on any atom is 0.223 e. The van der Waals surface area contributed by atoms with Crippen LogP contribution in [0, 0.1) is 5.82 Å². The molecular weight excluding hydrogens is 255 g/mol. The number of piperazine rings is 1. The van der Waals surface area contributed by atoms with Crippen molar-refractivity contribution in [2.75, 3.05) is 20.1 Å². The first kappa shape index (κ1) is 15.0. The Balaban J connectivity index is 1.91. The second kappa shape index (κ2) is 6.35. The lowest BCUT2D eigenvalue weighted by molar-refractivity contribution is -0.135. The van der Waals surface area contributed by atoms with Gasteiger partial charge >= 0.3 is 0 Å². The van der Waals surface area contributed by atoms with E-state index in [1.54, 1.807) is 12.1 Å². The molecule has 1 aliphatic rings. The molecule has 0 aromatic heterocycles. The Kier molecular flexibility index (Phi) is 4.76. The number of benzene rings is 1. The number of nitrogens with zero attached hydrogens (tertiary/aromatic N) is 2. The minimum absolute atomic E-state index is 0.125. The maximum absolute atomic E-state index is 13.5. The minimum atomic E-state index is -0.222. The van der Waals surface area contributed by atoms with E-state index in [2.05, 4.69) is 25.8 Å². The third-order valence-electron chi connectivity index (χ3n) is 4.28. The Morgan fingerprint density at radius 3 is 2.45 bits per heavy atom. The van der Waals surface area contributed by atoms with Crippen LogP contribution in [-0.4, -0.2) is 47.9 Å². The predicted molar refractivity (Wildman–Crippen MR) is 78.0 cm³/mol. The van der Waals surface area contributed by atoms with Gasteiger partial charge in [-0.15, -0.1) is 0 Å². The molecule has 0 aliphatic carbocycles. The van der Waals surface area contributed by atoms with Crippen molar-refractivity contribution in [3.8, 4) is 0 Å². The third kappa shape index (κ3) is 3.37. The predicted octanol–water partition coefficient (Wildman–Crippen LogP) is 2.31. The summed E-state index contributed by atoms with van der Waals surface area (Å²) in [6, 6.07) is 7.41. The van der Waals surface area contributed by atoms with Crippen molar-refractivity contribution in [1.82, 2.24) is 9.80 Å². The second-order valence-corrected chi connectivity index (χ2v) is 5.75. The fraction of sp³-hybridized carbons (Fsp3) is 0.562. The molecule has 20 heavy (non-hydrogen) atoms. The number of carbonyl (C=O) groups is 1. The van der Waals surface area contributed by atoms with Gasteiger partial charge in [-0.25, -0.2) is 4.39 Å². The van der Waals surface area contributed by atoms with Crippen LogP contribution in [0.4, 0.5) is 4.39 Å². The highest BCUT2D eigenvalue weighted by atomic mass is 19.1. The zero-order valence-electron chi connectivity index (χ0n) is 12.5. The van der Waals surface area contributed by atoms with Gasteiger partial charge in [0.1, 0.15) is 5.82 Å². The highest BCUT2D eigenvalue weighted by molar-refractivity contribution is 5.76. The summed E-state index contributed by atoms with van der Waals surface area (Å²) in [5.74, 6) is -0.0968. The largest absolute Gasteiger partial charge is 0.340 e. The molecule has 2 unspecified atom stereocenters. The Bertz CT molecular complexity index is 465. The molecule has 1 fully saturated rings. The summed E-state index contributed by atoms with van der Waals surface area (Å²) in [5.41, 5.74) is 0.621. The van der Waals surface area contributed by atoms with Crippen molar-refractivity contribution >= 4 is 5.91 Å². The van der Waals surface area contributed by atoms with Gasteiger partial charge in [0.25, 0.3) is 0 Å². The summed E-state index contributed by atoms with van der Waals surface area (Å²) in [7, 11) is 2.09.